The first kappa shape index (κ1) is 12.0. The van der Waals surface area contributed by atoms with Crippen LogP contribution in [0.15, 0.2) is 18.3 Å². The van der Waals surface area contributed by atoms with Gasteiger partial charge in [-0.3, -0.25) is 10.1 Å². The Kier molecular flexibility index (Phi) is 3.70. The Hall–Kier alpha value is -1.47. The summed E-state index contributed by atoms with van der Waals surface area (Å²) in [6.07, 6.45) is 2.31. The fourth-order valence-corrected chi connectivity index (χ4v) is 2.83. The average molecular weight is 269 g/mol. The number of anilines is 1. The lowest BCUT2D eigenvalue weighted by Gasteiger charge is -1.98. The van der Waals surface area contributed by atoms with Gasteiger partial charge in [-0.2, -0.15) is 0 Å². The van der Waals surface area contributed by atoms with Crippen LogP contribution in [0, 0.1) is 10.1 Å². The van der Waals surface area contributed by atoms with Crippen molar-refractivity contribution in [3.63, 3.8) is 0 Å². The number of hydrogen-bond donors (Lipinski definition) is 1. The van der Waals surface area contributed by atoms with Gasteiger partial charge in [0, 0.05) is 9.75 Å². The van der Waals surface area contributed by atoms with Crippen molar-refractivity contribution >= 4 is 32.8 Å². The second kappa shape index (κ2) is 5.24. The van der Waals surface area contributed by atoms with Gasteiger partial charge in [-0.25, -0.2) is 4.98 Å². The van der Waals surface area contributed by atoms with Crippen molar-refractivity contribution in [2.45, 2.75) is 19.9 Å². The third-order valence-electron chi connectivity index (χ3n) is 2.15. The predicted octanol–water partition coefficient (Wildman–Crippen LogP) is 3.29. The molecule has 1 N–H and O–H groups in total. The van der Waals surface area contributed by atoms with E-state index >= 15 is 0 Å². The molecule has 2 aromatic heterocycles. The Balaban J connectivity index is 1.94. The van der Waals surface area contributed by atoms with Gasteiger partial charge < -0.3 is 5.32 Å². The highest BCUT2D eigenvalue weighted by Crippen LogP contribution is 2.26. The fourth-order valence-electron chi connectivity index (χ4n) is 1.30. The Morgan fingerprint density at radius 3 is 2.76 bits per heavy atom. The van der Waals surface area contributed by atoms with Gasteiger partial charge in [0.2, 0.25) is 0 Å². The maximum atomic E-state index is 10.5. The van der Waals surface area contributed by atoms with Gasteiger partial charge in [0.05, 0.1) is 11.5 Å². The highest BCUT2D eigenvalue weighted by Gasteiger charge is 2.11. The smallest absolute Gasteiger partial charge is 0.345 e. The van der Waals surface area contributed by atoms with E-state index in [0.29, 0.717) is 11.7 Å². The van der Waals surface area contributed by atoms with Crippen LogP contribution in [-0.4, -0.2) is 9.91 Å². The molecular weight excluding hydrogens is 258 g/mol. The molecule has 2 aromatic rings. The third kappa shape index (κ3) is 3.01. The van der Waals surface area contributed by atoms with Crippen LogP contribution in [0.3, 0.4) is 0 Å². The Morgan fingerprint density at radius 1 is 1.41 bits per heavy atom. The quantitative estimate of drug-likeness (QED) is 0.668. The summed E-state index contributed by atoms with van der Waals surface area (Å²) >= 11 is 2.80. The summed E-state index contributed by atoms with van der Waals surface area (Å²) in [4.78, 5) is 16.6. The molecule has 0 saturated carbocycles. The summed E-state index contributed by atoms with van der Waals surface area (Å²) in [5.41, 5.74) is 0. The first-order valence-electron chi connectivity index (χ1n) is 5.10. The zero-order chi connectivity index (χ0) is 12.3. The first-order chi connectivity index (χ1) is 8.19. The zero-order valence-corrected chi connectivity index (χ0v) is 10.8. The van der Waals surface area contributed by atoms with Crippen molar-refractivity contribution in [1.29, 1.82) is 0 Å². The van der Waals surface area contributed by atoms with E-state index in [4.69, 9.17) is 0 Å². The zero-order valence-electron chi connectivity index (χ0n) is 9.17. The number of thiophene rings is 1. The largest absolute Gasteiger partial charge is 0.356 e. The molecule has 0 aliphatic heterocycles. The van der Waals surface area contributed by atoms with Crippen LogP contribution in [0.4, 0.5) is 10.1 Å². The Labute approximate surface area is 106 Å². The fraction of sp³-hybridized carbons (Fsp3) is 0.300. The number of hydrogen-bond acceptors (Lipinski definition) is 6. The minimum atomic E-state index is -0.427. The Morgan fingerprint density at radius 2 is 2.18 bits per heavy atom. The van der Waals surface area contributed by atoms with Crippen LogP contribution in [0.25, 0.3) is 0 Å². The molecule has 0 atom stereocenters. The van der Waals surface area contributed by atoms with E-state index < -0.39 is 4.92 Å². The topological polar surface area (TPSA) is 68.1 Å². The van der Waals surface area contributed by atoms with E-state index in [1.165, 1.54) is 16.0 Å². The van der Waals surface area contributed by atoms with Gasteiger partial charge in [0.1, 0.15) is 6.20 Å². The highest BCUT2D eigenvalue weighted by atomic mass is 32.1. The summed E-state index contributed by atoms with van der Waals surface area (Å²) < 4.78 is 0. The van der Waals surface area contributed by atoms with Crippen molar-refractivity contribution in [2.24, 2.45) is 0 Å². The van der Waals surface area contributed by atoms with Crippen LogP contribution in [0.5, 0.6) is 0 Å². The molecule has 90 valence electrons. The van der Waals surface area contributed by atoms with E-state index in [-0.39, 0.29) is 5.00 Å². The van der Waals surface area contributed by atoms with Crippen molar-refractivity contribution in [1.82, 2.24) is 4.98 Å². The molecule has 0 amide bonds. The second-order valence-electron chi connectivity index (χ2n) is 3.34. The predicted molar refractivity (Wildman–Crippen MR) is 69.8 cm³/mol. The van der Waals surface area contributed by atoms with E-state index in [1.807, 2.05) is 0 Å². The number of aromatic nitrogens is 1. The molecule has 2 rings (SSSR count). The van der Waals surface area contributed by atoms with Gasteiger partial charge in [-0.15, -0.1) is 11.3 Å². The average Bonchev–Trinajstić information content (AvgIpc) is 2.95. The molecule has 5 nitrogen and oxygen atoms in total. The maximum absolute atomic E-state index is 10.5. The van der Waals surface area contributed by atoms with E-state index in [0.717, 1.165) is 17.8 Å². The molecule has 0 bridgehead atoms. The molecule has 7 heteroatoms. The van der Waals surface area contributed by atoms with Gasteiger partial charge >= 0.3 is 5.00 Å². The third-order valence-corrected chi connectivity index (χ3v) is 4.29. The van der Waals surface area contributed by atoms with Crippen LogP contribution in [0.2, 0.25) is 0 Å². The molecular formula is C10H11N3O2S2. The maximum Gasteiger partial charge on any atom is 0.345 e. The molecule has 0 spiro atoms. The normalized spacial score (nSPS) is 10.4. The number of nitrogens with one attached hydrogen (secondary N) is 1. The summed E-state index contributed by atoms with van der Waals surface area (Å²) in [5.74, 6) is 0. The van der Waals surface area contributed by atoms with Crippen molar-refractivity contribution in [2.75, 3.05) is 5.32 Å². The van der Waals surface area contributed by atoms with Crippen LogP contribution in [-0.2, 0) is 13.0 Å². The van der Waals surface area contributed by atoms with E-state index in [1.54, 1.807) is 11.3 Å². The monoisotopic (exact) mass is 269 g/mol. The minimum Gasteiger partial charge on any atom is -0.356 e. The lowest BCUT2D eigenvalue weighted by Crippen LogP contribution is -1.95. The lowest BCUT2D eigenvalue weighted by molar-refractivity contribution is -0.380. The Bertz CT molecular complexity index is 521. The lowest BCUT2D eigenvalue weighted by atomic mass is 10.4. The number of thiazole rings is 1. The van der Waals surface area contributed by atoms with Gasteiger partial charge in [-0.1, -0.05) is 6.92 Å². The van der Waals surface area contributed by atoms with Crippen molar-refractivity contribution < 1.29 is 4.92 Å². The van der Waals surface area contributed by atoms with Crippen molar-refractivity contribution in [3.05, 3.63) is 38.2 Å². The van der Waals surface area contributed by atoms with Gasteiger partial charge in [-0.05, 0) is 29.9 Å². The number of aryl methyl sites for hydroxylation is 1. The molecule has 0 saturated heterocycles. The van der Waals surface area contributed by atoms with E-state index in [9.17, 15) is 10.1 Å². The van der Waals surface area contributed by atoms with Crippen LogP contribution >= 0.6 is 22.7 Å². The van der Waals surface area contributed by atoms with E-state index in [2.05, 4.69) is 29.4 Å². The molecule has 17 heavy (non-hydrogen) atoms. The van der Waals surface area contributed by atoms with Crippen molar-refractivity contribution in [3.8, 4) is 0 Å². The molecule has 0 unspecified atom stereocenters. The second-order valence-corrected chi connectivity index (χ2v) is 5.60. The number of rotatable bonds is 5. The standard InChI is InChI=1S/C10H11N3O2S2/c1-2-7-3-4-8(16-7)5-11-10-12-6-9(17-10)13(14)15/h3-4,6H,2,5H2,1H3,(H,11,12). The summed E-state index contributed by atoms with van der Waals surface area (Å²) in [6.45, 7) is 2.78. The molecule has 0 aliphatic carbocycles. The van der Waals surface area contributed by atoms with Crippen LogP contribution < -0.4 is 5.32 Å². The number of nitro groups is 1. The molecule has 2 heterocycles. The highest BCUT2D eigenvalue weighted by molar-refractivity contribution is 7.18. The van der Waals surface area contributed by atoms with Crippen LogP contribution in [0.1, 0.15) is 16.7 Å². The van der Waals surface area contributed by atoms with Gasteiger partial charge in [0.15, 0.2) is 5.13 Å². The number of nitrogens with zero attached hydrogens (tertiary/aromatic N) is 2. The first-order valence-corrected chi connectivity index (χ1v) is 6.74. The summed E-state index contributed by atoms with van der Waals surface area (Å²) in [7, 11) is 0. The molecule has 0 aromatic carbocycles. The van der Waals surface area contributed by atoms with Gasteiger partial charge in [0.25, 0.3) is 0 Å². The summed E-state index contributed by atoms with van der Waals surface area (Å²) in [5, 5.41) is 14.2. The minimum absolute atomic E-state index is 0.0629. The molecule has 0 fully saturated rings. The SMILES string of the molecule is CCc1ccc(CNc2ncc([N+](=O)[O-])s2)s1. The molecule has 0 aliphatic rings. The molecule has 0 radical (unpaired) electrons. The summed E-state index contributed by atoms with van der Waals surface area (Å²) in [6, 6.07) is 4.17.